The summed E-state index contributed by atoms with van der Waals surface area (Å²) in [5.41, 5.74) is 1.22. The lowest BCUT2D eigenvalue weighted by Crippen LogP contribution is -2.44. The highest BCUT2D eigenvalue weighted by atomic mass is 16.2. The van der Waals surface area contributed by atoms with Crippen LogP contribution in [0.2, 0.25) is 0 Å². The minimum Gasteiger partial charge on any atom is -0.325 e. The summed E-state index contributed by atoms with van der Waals surface area (Å²) < 4.78 is 4.30. The number of nitrogens with zero attached hydrogens (tertiary/aromatic N) is 5. The van der Waals surface area contributed by atoms with Gasteiger partial charge in [-0.15, -0.1) is 0 Å². The van der Waals surface area contributed by atoms with E-state index in [0.29, 0.717) is 29.3 Å². The van der Waals surface area contributed by atoms with E-state index in [1.54, 1.807) is 30.1 Å². The van der Waals surface area contributed by atoms with Gasteiger partial charge in [-0.05, 0) is 30.0 Å². The predicted molar refractivity (Wildman–Crippen MR) is 133 cm³/mol. The monoisotopic (exact) mass is 459 g/mol. The van der Waals surface area contributed by atoms with Crippen LogP contribution >= 0.6 is 0 Å². The topological polar surface area (TPSA) is 82.1 Å². The Morgan fingerprint density at radius 3 is 2.26 bits per heavy atom. The van der Waals surface area contributed by atoms with E-state index in [1.807, 2.05) is 48.5 Å². The number of fused-ring (bicyclic) bond motifs is 1. The molecule has 2 aromatic heterocycles. The minimum absolute atomic E-state index is 0.250. The molecule has 2 aromatic carbocycles. The molecule has 0 N–H and O–H groups in total. The Kier molecular flexibility index (Phi) is 6.77. The molecule has 4 aromatic rings. The van der Waals surface area contributed by atoms with E-state index >= 15 is 0 Å². The summed E-state index contributed by atoms with van der Waals surface area (Å²) in [6, 6.07) is 18.7. The maximum Gasteiger partial charge on any atom is 0.333 e. The lowest BCUT2D eigenvalue weighted by molar-refractivity contribution is -0.119. The maximum absolute atomic E-state index is 13.5. The number of hydrogen-bond donors (Lipinski definition) is 0. The highest BCUT2D eigenvalue weighted by molar-refractivity contribution is 5.92. The van der Waals surface area contributed by atoms with Crippen LogP contribution in [0.3, 0.4) is 0 Å². The molecule has 8 heteroatoms. The lowest BCUT2D eigenvalue weighted by Gasteiger charge is -2.18. The summed E-state index contributed by atoms with van der Waals surface area (Å²) in [7, 11) is 1.64. The molecule has 0 radical (unpaired) electrons. The average Bonchev–Trinajstić information content (AvgIpc) is 3.27. The molecule has 0 spiro atoms. The van der Waals surface area contributed by atoms with Gasteiger partial charge in [0, 0.05) is 19.3 Å². The zero-order valence-corrected chi connectivity index (χ0v) is 19.7. The molecule has 176 valence electrons. The van der Waals surface area contributed by atoms with Crippen molar-refractivity contribution in [3.8, 4) is 0 Å². The number of carbonyl (C=O) groups is 1. The first kappa shape index (κ1) is 23.2. The van der Waals surface area contributed by atoms with Crippen LogP contribution < -0.4 is 16.1 Å². The second-order valence-corrected chi connectivity index (χ2v) is 8.83. The number of para-hydroxylation sites is 1. The quantitative estimate of drug-likeness (QED) is 0.405. The number of amides is 1. The fourth-order valence-corrected chi connectivity index (χ4v) is 3.89. The number of rotatable bonds is 8. The van der Waals surface area contributed by atoms with Gasteiger partial charge < -0.3 is 9.47 Å². The van der Waals surface area contributed by atoms with E-state index in [0.717, 1.165) is 16.6 Å². The van der Waals surface area contributed by atoms with Gasteiger partial charge in [0.2, 0.25) is 5.91 Å². The number of imidazole rings is 1. The van der Waals surface area contributed by atoms with Gasteiger partial charge in [-0.25, -0.2) is 14.3 Å². The van der Waals surface area contributed by atoms with Crippen LogP contribution in [0, 0.1) is 5.92 Å². The molecule has 0 fully saturated rings. The lowest BCUT2D eigenvalue weighted by atomic mass is 10.1. The van der Waals surface area contributed by atoms with Gasteiger partial charge in [-0.2, -0.15) is 0 Å². The third-order valence-electron chi connectivity index (χ3n) is 5.93. The molecule has 0 aliphatic heterocycles. The molecule has 34 heavy (non-hydrogen) atoms. The predicted octanol–water partition coefficient (Wildman–Crippen LogP) is 3.12. The van der Waals surface area contributed by atoms with Gasteiger partial charge in [-0.1, -0.05) is 62.4 Å². The summed E-state index contributed by atoms with van der Waals surface area (Å²) in [6.45, 7) is 4.72. The van der Waals surface area contributed by atoms with Crippen molar-refractivity contribution in [2.75, 3.05) is 11.9 Å². The minimum atomic E-state index is -0.551. The van der Waals surface area contributed by atoms with Crippen LogP contribution in [0.25, 0.3) is 11.2 Å². The maximum atomic E-state index is 13.5. The van der Waals surface area contributed by atoms with Crippen LogP contribution in [0.4, 0.5) is 5.69 Å². The number of hydrogen-bond acceptors (Lipinski definition) is 4. The number of anilines is 1. The van der Waals surface area contributed by atoms with Gasteiger partial charge in [0.1, 0.15) is 6.54 Å². The van der Waals surface area contributed by atoms with Crippen molar-refractivity contribution in [2.24, 2.45) is 5.92 Å². The summed E-state index contributed by atoms with van der Waals surface area (Å²) in [4.78, 5) is 45.9. The van der Waals surface area contributed by atoms with Crippen molar-refractivity contribution in [1.82, 2.24) is 18.7 Å². The number of aromatic nitrogens is 4. The van der Waals surface area contributed by atoms with Crippen LogP contribution in [0.15, 0.2) is 76.6 Å². The molecule has 0 unspecified atom stereocenters. The molecule has 0 saturated carbocycles. The van der Waals surface area contributed by atoms with Crippen LogP contribution in [-0.4, -0.2) is 31.6 Å². The summed E-state index contributed by atoms with van der Waals surface area (Å²) in [5.74, 6) is 0.0836. The van der Waals surface area contributed by atoms with E-state index in [1.165, 1.54) is 9.47 Å². The highest BCUT2D eigenvalue weighted by Gasteiger charge is 2.21. The average molecular weight is 460 g/mol. The van der Waals surface area contributed by atoms with E-state index in [9.17, 15) is 14.4 Å². The van der Waals surface area contributed by atoms with Gasteiger partial charge in [0.05, 0.1) is 12.9 Å². The fraction of sp³-hybridized carbons (Fsp3) is 0.308. The van der Waals surface area contributed by atoms with Crippen molar-refractivity contribution in [3.05, 3.63) is 93.4 Å². The van der Waals surface area contributed by atoms with Gasteiger partial charge in [-0.3, -0.25) is 14.2 Å². The zero-order chi connectivity index (χ0) is 24.2. The van der Waals surface area contributed by atoms with Gasteiger partial charge in [0.25, 0.3) is 5.56 Å². The second-order valence-electron chi connectivity index (χ2n) is 8.83. The molecule has 2 heterocycles. The highest BCUT2D eigenvalue weighted by Crippen LogP contribution is 2.14. The molecular weight excluding hydrogens is 430 g/mol. The van der Waals surface area contributed by atoms with Gasteiger partial charge >= 0.3 is 5.69 Å². The van der Waals surface area contributed by atoms with E-state index in [-0.39, 0.29) is 19.0 Å². The Bertz CT molecular complexity index is 1400. The molecule has 0 saturated heterocycles. The first-order valence-corrected chi connectivity index (χ1v) is 11.4. The van der Waals surface area contributed by atoms with Crippen molar-refractivity contribution in [3.63, 3.8) is 0 Å². The molecule has 8 nitrogen and oxygen atoms in total. The van der Waals surface area contributed by atoms with E-state index in [2.05, 4.69) is 18.8 Å². The smallest absolute Gasteiger partial charge is 0.325 e. The Morgan fingerprint density at radius 1 is 0.971 bits per heavy atom. The molecular formula is C26H29N5O3. The summed E-state index contributed by atoms with van der Waals surface area (Å²) >= 11 is 0. The molecule has 4 rings (SSSR count). The van der Waals surface area contributed by atoms with E-state index < -0.39 is 11.2 Å². The zero-order valence-electron chi connectivity index (χ0n) is 19.7. The van der Waals surface area contributed by atoms with Crippen molar-refractivity contribution in [1.29, 1.82) is 0 Å². The molecule has 0 aliphatic rings. The van der Waals surface area contributed by atoms with Crippen molar-refractivity contribution < 1.29 is 4.79 Å². The summed E-state index contributed by atoms with van der Waals surface area (Å²) in [5, 5.41) is 0. The largest absolute Gasteiger partial charge is 0.333 e. The molecule has 0 atom stereocenters. The van der Waals surface area contributed by atoms with Gasteiger partial charge in [0.15, 0.2) is 11.2 Å². The Labute approximate surface area is 197 Å². The fourth-order valence-electron chi connectivity index (χ4n) is 3.89. The standard InChI is InChI=1S/C26H29N5O3/c1-19(2)14-15-29-18-27-24-23(29)25(33)31(17-22(32)28(3)21-12-8-5-9-13-21)26(34)30(24)16-20-10-6-4-7-11-20/h4-13,18-19H,14-17H2,1-3H3. The second kappa shape index (κ2) is 9.91. The number of benzene rings is 2. The van der Waals surface area contributed by atoms with Crippen molar-refractivity contribution >= 4 is 22.8 Å². The Balaban J connectivity index is 1.81. The Hall–Kier alpha value is -3.94. The number of likely N-dealkylation sites (N-methyl/N-ethyl adjacent to an activating group) is 1. The van der Waals surface area contributed by atoms with Crippen LogP contribution in [0.1, 0.15) is 25.8 Å². The first-order chi connectivity index (χ1) is 16.4. The first-order valence-electron chi connectivity index (χ1n) is 11.4. The third kappa shape index (κ3) is 4.71. The Morgan fingerprint density at radius 2 is 1.62 bits per heavy atom. The third-order valence-corrected chi connectivity index (χ3v) is 5.93. The van der Waals surface area contributed by atoms with Crippen molar-refractivity contribution in [2.45, 2.75) is 39.9 Å². The van der Waals surface area contributed by atoms with Crippen LogP contribution in [-0.2, 0) is 24.4 Å². The molecule has 0 bridgehead atoms. The molecule has 1 amide bonds. The van der Waals surface area contributed by atoms with E-state index in [4.69, 9.17) is 0 Å². The number of aryl methyl sites for hydroxylation is 1. The summed E-state index contributed by atoms with van der Waals surface area (Å²) in [6.07, 6.45) is 2.47. The SMILES string of the molecule is CC(C)CCn1cnc2c1c(=O)n(CC(=O)N(C)c1ccccc1)c(=O)n2Cc1ccccc1. The number of carbonyl (C=O) groups excluding carboxylic acids is 1. The molecule has 0 aliphatic carbocycles. The van der Waals surface area contributed by atoms with Crippen LogP contribution in [0.5, 0.6) is 0 Å². The normalized spacial score (nSPS) is 11.3.